The van der Waals surface area contributed by atoms with Gasteiger partial charge >= 0.3 is 0 Å². The highest BCUT2D eigenvalue weighted by atomic mass is 32.2. The van der Waals surface area contributed by atoms with Crippen molar-refractivity contribution in [3.63, 3.8) is 0 Å². The summed E-state index contributed by atoms with van der Waals surface area (Å²) in [7, 11) is -3.48. The van der Waals surface area contributed by atoms with Crippen molar-refractivity contribution < 1.29 is 17.6 Å². The number of Topliss-reactive ketones (excluding diaryl/α,β-unsaturated/α-hetero) is 1. The number of benzene rings is 1. The minimum Gasteiger partial charge on any atom is -0.468 e. The van der Waals surface area contributed by atoms with Crippen LogP contribution in [0.1, 0.15) is 55.3 Å². The number of carbonyl (C=O) groups excluding carboxylic acids is 1. The molecule has 31 heavy (non-hydrogen) atoms. The largest absolute Gasteiger partial charge is 0.468 e. The topological polar surface area (TPSA) is 82.9 Å². The average Bonchev–Trinajstić information content (AvgIpc) is 3.34. The number of nitrogens with one attached hydrogen (secondary N) is 1. The summed E-state index contributed by atoms with van der Waals surface area (Å²) in [5.74, 6) is 0.801. The van der Waals surface area contributed by atoms with Gasteiger partial charge in [-0.2, -0.15) is 4.31 Å². The molecule has 1 aromatic heterocycles. The quantitative estimate of drug-likeness (QED) is 0.532. The first kappa shape index (κ1) is 23.7. The van der Waals surface area contributed by atoms with Crippen LogP contribution in [0.2, 0.25) is 0 Å². The molecule has 3 rings (SSSR count). The van der Waals surface area contributed by atoms with Gasteiger partial charge in [-0.1, -0.05) is 32.4 Å². The number of piperidine rings is 1. The summed E-state index contributed by atoms with van der Waals surface area (Å²) in [4.78, 5) is 15.1. The number of ketones is 1. The molecule has 170 valence electrons. The highest BCUT2D eigenvalue weighted by Crippen LogP contribution is 2.22. The van der Waals surface area contributed by atoms with Gasteiger partial charge in [0.2, 0.25) is 10.0 Å². The van der Waals surface area contributed by atoms with Crippen molar-refractivity contribution in [2.24, 2.45) is 0 Å². The maximum absolute atomic E-state index is 12.8. The zero-order valence-electron chi connectivity index (χ0n) is 18.4. The van der Waals surface area contributed by atoms with Crippen LogP contribution in [0, 0.1) is 0 Å². The van der Waals surface area contributed by atoms with Gasteiger partial charge in [-0.05, 0) is 50.2 Å². The normalized spacial score (nSPS) is 16.5. The lowest BCUT2D eigenvalue weighted by Gasteiger charge is -2.28. The summed E-state index contributed by atoms with van der Waals surface area (Å²) in [6.07, 6.45) is 4.53. The monoisotopic (exact) mass is 447 g/mol. The molecule has 1 N–H and O–H groups in total. The maximum Gasteiger partial charge on any atom is 0.243 e. The number of hydrogen-bond acceptors (Lipinski definition) is 6. The molecule has 1 unspecified atom stereocenters. The second-order valence-electron chi connectivity index (χ2n) is 7.80. The lowest BCUT2D eigenvalue weighted by molar-refractivity contribution is 0.0985. The summed E-state index contributed by atoms with van der Waals surface area (Å²) >= 11 is 0. The highest BCUT2D eigenvalue weighted by Gasteiger charge is 2.26. The Kier molecular flexibility index (Phi) is 8.43. The van der Waals surface area contributed by atoms with Crippen molar-refractivity contribution in [1.29, 1.82) is 0 Å². The number of rotatable bonds is 11. The summed E-state index contributed by atoms with van der Waals surface area (Å²) < 4.78 is 32.7. The average molecular weight is 448 g/mol. The van der Waals surface area contributed by atoms with E-state index in [1.165, 1.54) is 4.31 Å². The van der Waals surface area contributed by atoms with E-state index in [4.69, 9.17) is 4.42 Å². The van der Waals surface area contributed by atoms with Crippen LogP contribution < -0.4 is 5.32 Å². The third-order valence-electron chi connectivity index (χ3n) is 5.88. The van der Waals surface area contributed by atoms with Crippen molar-refractivity contribution in [2.45, 2.75) is 44.0 Å². The van der Waals surface area contributed by atoms with Crippen LogP contribution in [-0.2, 0) is 10.0 Å². The fraction of sp³-hybridized carbons (Fsp3) is 0.522. The Morgan fingerprint density at radius 2 is 1.77 bits per heavy atom. The van der Waals surface area contributed by atoms with Crippen molar-refractivity contribution in [2.75, 3.05) is 39.3 Å². The molecule has 1 atom stereocenters. The van der Waals surface area contributed by atoms with Gasteiger partial charge < -0.3 is 9.73 Å². The second kappa shape index (κ2) is 11.0. The molecule has 8 heteroatoms. The molecule has 1 aromatic carbocycles. The molecular formula is C23H33N3O4S. The Bertz CT molecular complexity index is 916. The van der Waals surface area contributed by atoms with E-state index in [1.54, 1.807) is 30.5 Å². The highest BCUT2D eigenvalue weighted by molar-refractivity contribution is 7.89. The van der Waals surface area contributed by atoms with Crippen molar-refractivity contribution in [3.8, 4) is 0 Å². The number of furan rings is 1. The van der Waals surface area contributed by atoms with Gasteiger partial charge in [-0.3, -0.25) is 9.69 Å². The third kappa shape index (κ3) is 5.83. The predicted octanol–water partition coefficient (Wildman–Crippen LogP) is 3.31. The van der Waals surface area contributed by atoms with Gasteiger partial charge in [0.25, 0.3) is 0 Å². The molecule has 1 fully saturated rings. The maximum atomic E-state index is 12.8. The zero-order chi connectivity index (χ0) is 22.3. The molecule has 1 aliphatic rings. The Morgan fingerprint density at radius 1 is 1.10 bits per heavy atom. The van der Waals surface area contributed by atoms with E-state index in [9.17, 15) is 13.2 Å². The number of likely N-dealkylation sites (N-methyl/N-ethyl adjacent to an activating group) is 1. The fourth-order valence-corrected chi connectivity index (χ4v) is 5.56. The van der Waals surface area contributed by atoms with E-state index < -0.39 is 10.0 Å². The van der Waals surface area contributed by atoms with Gasteiger partial charge in [-0.15, -0.1) is 0 Å². The molecule has 0 saturated carbocycles. The van der Waals surface area contributed by atoms with Gasteiger partial charge in [-0.25, -0.2) is 8.42 Å². The molecule has 1 aliphatic heterocycles. The van der Waals surface area contributed by atoms with Crippen LogP contribution in [-0.4, -0.2) is 62.7 Å². The Labute approximate surface area is 185 Å². The first-order valence-electron chi connectivity index (χ1n) is 11.1. The van der Waals surface area contributed by atoms with Crippen LogP contribution >= 0.6 is 0 Å². The fourth-order valence-electron chi connectivity index (χ4n) is 4.05. The van der Waals surface area contributed by atoms with E-state index in [2.05, 4.69) is 24.1 Å². The Morgan fingerprint density at radius 3 is 2.35 bits per heavy atom. The van der Waals surface area contributed by atoms with E-state index in [0.29, 0.717) is 25.2 Å². The minimum absolute atomic E-state index is 0.0508. The molecule has 2 heterocycles. The minimum atomic E-state index is -3.48. The molecule has 0 aliphatic carbocycles. The lowest BCUT2D eigenvalue weighted by Crippen LogP contribution is -2.37. The summed E-state index contributed by atoms with van der Waals surface area (Å²) in [6.45, 7) is 7.86. The first-order valence-corrected chi connectivity index (χ1v) is 12.5. The third-order valence-corrected chi connectivity index (χ3v) is 7.79. The van der Waals surface area contributed by atoms with Gasteiger partial charge in [0.05, 0.1) is 23.7 Å². The Balaban J connectivity index is 1.59. The van der Waals surface area contributed by atoms with E-state index in [-0.39, 0.29) is 23.3 Å². The molecule has 2 aromatic rings. The molecular weight excluding hydrogens is 414 g/mol. The molecule has 7 nitrogen and oxygen atoms in total. The Hall–Kier alpha value is -2.00. The number of nitrogens with zero attached hydrogens (tertiary/aromatic N) is 2. The standard InChI is InChI=1S/C23H33N3O4S/c1-3-25(4-2)21(23-9-8-16-30-23)17-24-18-22(27)19-10-12-20(13-11-19)31(28,29)26-14-6-5-7-15-26/h8-13,16,21,24H,3-7,14-15,17-18H2,1-2H3. The van der Waals surface area contributed by atoms with Crippen LogP contribution in [0.5, 0.6) is 0 Å². The molecule has 0 spiro atoms. The predicted molar refractivity (Wildman–Crippen MR) is 121 cm³/mol. The molecule has 0 bridgehead atoms. The molecule has 0 amide bonds. The first-order chi connectivity index (χ1) is 15.0. The van der Waals surface area contributed by atoms with Crippen molar-refractivity contribution in [3.05, 3.63) is 54.0 Å². The van der Waals surface area contributed by atoms with Gasteiger partial charge in [0.1, 0.15) is 5.76 Å². The van der Waals surface area contributed by atoms with E-state index in [1.807, 2.05) is 12.1 Å². The summed E-state index contributed by atoms with van der Waals surface area (Å²) in [6, 6.07) is 10.2. The summed E-state index contributed by atoms with van der Waals surface area (Å²) in [5.41, 5.74) is 0.502. The van der Waals surface area contributed by atoms with Crippen LogP contribution in [0.15, 0.2) is 52.0 Å². The second-order valence-corrected chi connectivity index (χ2v) is 9.73. The number of hydrogen-bond donors (Lipinski definition) is 1. The van der Waals surface area contributed by atoms with Crippen LogP contribution in [0.4, 0.5) is 0 Å². The van der Waals surface area contributed by atoms with Gasteiger partial charge in [0, 0.05) is 25.2 Å². The number of carbonyl (C=O) groups is 1. The summed E-state index contributed by atoms with van der Waals surface area (Å²) in [5, 5.41) is 3.24. The molecule has 1 saturated heterocycles. The van der Waals surface area contributed by atoms with Crippen molar-refractivity contribution in [1.82, 2.24) is 14.5 Å². The lowest BCUT2D eigenvalue weighted by atomic mass is 10.1. The van der Waals surface area contributed by atoms with Crippen LogP contribution in [0.3, 0.4) is 0 Å². The number of sulfonamides is 1. The smallest absolute Gasteiger partial charge is 0.243 e. The van der Waals surface area contributed by atoms with Gasteiger partial charge in [0.15, 0.2) is 5.78 Å². The zero-order valence-corrected chi connectivity index (χ0v) is 19.2. The SMILES string of the molecule is CCN(CC)C(CNCC(=O)c1ccc(S(=O)(=O)N2CCCCC2)cc1)c1ccco1. The van der Waals surface area contributed by atoms with E-state index in [0.717, 1.165) is 38.1 Å². The van der Waals surface area contributed by atoms with Crippen LogP contribution in [0.25, 0.3) is 0 Å². The molecule has 0 radical (unpaired) electrons. The van der Waals surface area contributed by atoms with E-state index >= 15 is 0 Å². The van der Waals surface area contributed by atoms with Crippen molar-refractivity contribution >= 4 is 15.8 Å².